The number of halogens is 8. The number of hydrogen-bond acceptors (Lipinski definition) is 3. The first-order valence-electron chi connectivity index (χ1n) is 14.0. The van der Waals surface area contributed by atoms with E-state index in [4.69, 9.17) is 4.74 Å². The molecule has 0 radical (unpaired) electrons. The van der Waals surface area contributed by atoms with Gasteiger partial charge in [-0.1, -0.05) is 37.6 Å². The fraction of sp³-hybridized carbons (Fsp3) is 0.600. The van der Waals surface area contributed by atoms with E-state index in [2.05, 4.69) is 40.7 Å². The van der Waals surface area contributed by atoms with E-state index >= 15 is 8.78 Å². The molecular weight excluding hydrogens is 560 g/mol. The van der Waals surface area contributed by atoms with E-state index in [-0.39, 0.29) is 31.6 Å². The topological polar surface area (TPSA) is 27.7 Å². The Hall–Kier alpha value is -2.56. The van der Waals surface area contributed by atoms with Crippen molar-refractivity contribution >= 4 is 0 Å². The maximum atomic E-state index is 15.0. The van der Waals surface area contributed by atoms with Gasteiger partial charge >= 0.3 is 18.6 Å². The summed E-state index contributed by atoms with van der Waals surface area (Å²) in [6, 6.07) is 10.00. The zero-order valence-electron chi connectivity index (χ0n) is 22.7. The van der Waals surface area contributed by atoms with E-state index in [1.165, 1.54) is 5.56 Å². The lowest BCUT2D eigenvalue weighted by atomic mass is 9.78. The highest BCUT2D eigenvalue weighted by molar-refractivity contribution is 5.33. The average molecular weight is 595 g/mol. The van der Waals surface area contributed by atoms with E-state index in [0.717, 1.165) is 24.5 Å². The fourth-order valence-electron chi connectivity index (χ4n) is 5.84. The fourth-order valence-corrected chi connectivity index (χ4v) is 5.84. The van der Waals surface area contributed by atoms with E-state index < -0.39 is 53.8 Å². The molecule has 0 unspecified atom stereocenters. The van der Waals surface area contributed by atoms with Crippen LogP contribution in [-0.4, -0.2) is 24.7 Å². The van der Waals surface area contributed by atoms with Gasteiger partial charge in [-0.15, -0.1) is 13.2 Å². The first-order chi connectivity index (χ1) is 19.3. The standard InChI is InChI=1S/C30H34F8O3/c1-2-3-19-4-6-20(7-5-19)21-8-10-22(11-9-21)28(32,33)39-24-14-12-23(13-15-24)29(34,35)40-25-16-17-27(26(31)18-25)41-30(36,37)38/h4-7,16-18,21-24H,2-3,8-15H2,1H3. The first-order valence-corrected chi connectivity index (χ1v) is 14.0. The highest BCUT2D eigenvalue weighted by Gasteiger charge is 2.48. The smallest absolute Gasteiger partial charge is 0.432 e. The minimum Gasteiger partial charge on any atom is -0.432 e. The number of aryl methyl sites for hydroxylation is 1. The van der Waals surface area contributed by atoms with Crippen LogP contribution < -0.4 is 9.47 Å². The van der Waals surface area contributed by atoms with Crippen molar-refractivity contribution in [3.63, 3.8) is 0 Å². The van der Waals surface area contributed by atoms with Crippen molar-refractivity contribution in [1.82, 2.24) is 0 Å². The zero-order valence-corrected chi connectivity index (χ0v) is 22.7. The highest BCUT2D eigenvalue weighted by Crippen LogP contribution is 2.46. The molecule has 2 aliphatic rings. The van der Waals surface area contributed by atoms with Crippen molar-refractivity contribution in [1.29, 1.82) is 0 Å². The second kappa shape index (κ2) is 12.8. The molecule has 0 bridgehead atoms. The Bertz CT molecular complexity index is 1120. The van der Waals surface area contributed by atoms with Gasteiger partial charge in [-0.3, -0.25) is 0 Å². The lowest BCUT2D eigenvalue weighted by Gasteiger charge is -2.38. The monoisotopic (exact) mass is 594 g/mol. The van der Waals surface area contributed by atoms with Gasteiger partial charge in [0, 0.05) is 6.07 Å². The molecule has 3 nitrogen and oxygen atoms in total. The molecule has 0 aliphatic heterocycles. The molecule has 0 atom stereocenters. The summed E-state index contributed by atoms with van der Waals surface area (Å²) in [4.78, 5) is 0. The third-order valence-corrected chi connectivity index (χ3v) is 8.05. The molecule has 0 aromatic heterocycles. The van der Waals surface area contributed by atoms with Crippen LogP contribution in [0.5, 0.6) is 11.5 Å². The van der Waals surface area contributed by atoms with Gasteiger partial charge in [0.2, 0.25) is 0 Å². The van der Waals surface area contributed by atoms with Crippen molar-refractivity contribution in [2.45, 2.75) is 102 Å². The summed E-state index contributed by atoms with van der Waals surface area (Å²) >= 11 is 0. The maximum Gasteiger partial charge on any atom is 0.573 e. The first kappa shape index (κ1) is 31.4. The van der Waals surface area contributed by atoms with Crippen molar-refractivity contribution in [2.24, 2.45) is 11.8 Å². The zero-order chi connectivity index (χ0) is 29.8. The molecule has 11 heteroatoms. The maximum absolute atomic E-state index is 15.0. The van der Waals surface area contributed by atoms with Crippen LogP contribution in [0.3, 0.4) is 0 Å². The Morgan fingerprint density at radius 1 is 0.707 bits per heavy atom. The van der Waals surface area contributed by atoms with Crippen LogP contribution in [-0.2, 0) is 11.2 Å². The molecule has 0 saturated heterocycles. The van der Waals surface area contributed by atoms with Crippen molar-refractivity contribution in [3.05, 3.63) is 59.4 Å². The lowest BCUT2D eigenvalue weighted by Crippen LogP contribution is -2.42. The number of benzene rings is 2. The normalized spacial score (nSPS) is 24.2. The number of ether oxygens (including phenoxy) is 3. The average Bonchev–Trinajstić information content (AvgIpc) is 2.90. The summed E-state index contributed by atoms with van der Waals surface area (Å²) in [5, 5.41) is 0. The Morgan fingerprint density at radius 2 is 1.29 bits per heavy atom. The molecule has 0 heterocycles. The number of rotatable bonds is 10. The second-order valence-electron chi connectivity index (χ2n) is 11.0. The van der Waals surface area contributed by atoms with Gasteiger partial charge in [-0.25, -0.2) is 4.39 Å². The van der Waals surface area contributed by atoms with Gasteiger partial charge in [-0.05, 0) is 87.0 Å². The summed E-state index contributed by atoms with van der Waals surface area (Å²) in [5.74, 6) is -5.46. The quantitative estimate of drug-likeness (QED) is 0.256. The molecule has 0 amide bonds. The molecular formula is C30H34F8O3. The molecule has 2 aromatic carbocycles. The summed E-state index contributed by atoms with van der Waals surface area (Å²) in [6.07, 6.45) is -9.71. The van der Waals surface area contributed by atoms with Crippen LogP contribution in [0.2, 0.25) is 0 Å². The molecule has 0 spiro atoms. The SMILES string of the molecule is CCCc1ccc(C2CCC(C(F)(F)OC3CCC(C(F)(F)Oc4ccc(OC(F)(F)F)c(F)c4)CC3)CC2)cc1. The third-order valence-electron chi connectivity index (χ3n) is 8.05. The summed E-state index contributed by atoms with van der Waals surface area (Å²) in [5.41, 5.74) is 2.41. The van der Waals surface area contributed by atoms with Crippen molar-refractivity contribution in [2.75, 3.05) is 0 Å². The highest BCUT2D eigenvalue weighted by atomic mass is 19.4. The van der Waals surface area contributed by atoms with Gasteiger partial charge in [-0.2, -0.15) is 17.6 Å². The Kier molecular flexibility index (Phi) is 9.76. The molecule has 2 fully saturated rings. The molecule has 228 valence electrons. The van der Waals surface area contributed by atoms with E-state index in [0.29, 0.717) is 37.8 Å². The molecule has 0 N–H and O–H groups in total. The summed E-state index contributed by atoms with van der Waals surface area (Å²) < 4.78 is 124. The van der Waals surface area contributed by atoms with Crippen LogP contribution in [0.4, 0.5) is 35.1 Å². The Morgan fingerprint density at radius 3 is 1.85 bits per heavy atom. The van der Waals surface area contributed by atoms with Gasteiger partial charge in [0.15, 0.2) is 11.6 Å². The predicted molar refractivity (Wildman–Crippen MR) is 136 cm³/mol. The number of alkyl halides is 7. The molecule has 2 saturated carbocycles. The van der Waals surface area contributed by atoms with E-state index in [9.17, 15) is 26.3 Å². The third kappa shape index (κ3) is 8.49. The van der Waals surface area contributed by atoms with Crippen molar-refractivity contribution in [3.8, 4) is 11.5 Å². The van der Waals surface area contributed by atoms with Crippen LogP contribution >= 0.6 is 0 Å². The van der Waals surface area contributed by atoms with Gasteiger partial charge in [0.25, 0.3) is 0 Å². The van der Waals surface area contributed by atoms with Crippen LogP contribution in [0.15, 0.2) is 42.5 Å². The minimum absolute atomic E-state index is 0.0363. The summed E-state index contributed by atoms with van der Waals surface area (Å²) in [6.45, 7) is 2.11. The van der Waals surface area contributed by atoms with Gasteiger partial charge < -0.3 is 14.2 Å². The predicted octanol–water partition coefficient (Wildman–Crippen LogP) is 9.79. The Labute approximate surface area is 234 Å². The number of hydrogen-bond donors (Lipinski definition) is 0. The van der Waals surface area contributed by atoms with Gasteiger partial charge in [0.05, 0.1) is 17.9 Å². The molecule has 4 rings (SSSR count). The largest absolute Gasteiger partial charge is 0.573 e. The Balaban J connectivity index is 1.25. The molecule has 2 aliphatic carbocycles. The van der Waals surface area contributed by atoms with Gasteiger partial charge in [0.1, 0.15) is 5.75 Å². The minimum atomic E-state index is -5.15. The van der Waals surface area contributed by atoms with Crippen LogP contribution in [0.1, 0.15) is 81.8 Å². The van der Waals surface area contributed by atoms with E-state index in [1.807, 2.05) is 0 Å². The van der Waals surface area contributed by atoms with E-state index in [1.54, 1.807) is 0 Å². The lowest BCUT2D eigenvalue weighted by molar-refractivity contribution is -0.305. The van der Waals surface area contributed by atoms with Crippen LogP contribution in [0, 0.1) is 17.7 Å². The van der Waals surface area contributed by atoms with Crippen LogP contribution in [0.25, 0.3) is 0 Å². The summed E-state index contributed by atoms with van der Waals surface area (Å²) in [7, 11) is 0. The molecule has 2 aromatic rings. The van der Waals surface area contributed by atoms with Crippen molar-refractivity contribution < 1.29 is 49.3 Å². The second-order valence-corrected chi connectivity index (χ2v) is 11.0. The molecule has 41 heavy (non-hydrogen) atoms.